The lowest BCUT2D eigenvalue weighted by Gasteiger charge is -2.00. The fourth-order valence-electron chi connectivity index (χ4n) is 1.15. The molecule has 2 rings (SSSR count). The maximum absolute atomic E-state index is 4.31. The fraction of sp³-hybridized carbons (Fsp3) is 0.300. The van der Waals surface area contributed by atoms with Crippen LogP contribution in [0.3, 0.4) is 0 Å². The number of hydrogen-bond donors (Lipinski definition) is 1. The van der Waals surface area contributed by atoms with Gasteiger partial charge in [-0.25, -0.2) is 15.0 Å². The van der Waals surface area contributed by atoms with Gasteiger partial charge in [0.15, 0.2) is 0 Å². The van der Waals surface area contributed by atoms with Crippen molar-refractivity contribution in [1.82, 2.24) is 15.0 Å². The Balaban J connectivity index is 1.93. The molecule has 0 aliphatic carbocycles. The van der Waals surface area contributed by atoms with Gasteiger partial charge in [-0.1, -0.05) is 6.92 Å². The first-order valence-electron chi connectivity index (χ1n) is 4.82. The van der Waals surface area contributed by atoms with Crippen molar-refractivity contribution in [2.45, 2.75) is 19.9 Å². The maximum Gasteiger partial charge on any atom is 0.129 e. The molecule has 4 nitrogen and oxygen atoms in total. The second-order valence-electron chi connectivity index (χ2n) is 3.02. The molecule has 0 fully saturated rings. The van der Waals surface area contributed by atoms with Crippen LogP contribution in [0, 0.1) is 0 Å². The molecule has 0 aromatic carbocycles. The maximum atomic E-state index is 4.31. The van der Waals surface area contributed by atoms with E-state index >= 15 is 0 Å². The van der Waals surface area contributed by atoms with Crippen LogP contribution in [0.1, 0.15) is 16.8 Å². The van der Waals surface area contributed by atoms with Crippen LogP contribution in [0.25, 0.3) is 0 Å². The van der Waals surface area contributed by atoms with Gasteiger partial charge in [-0.2, -0.15) is 0 Å². The summed E-state index contributed by atoms with van der Waals surface area (Å²) in [7, 11) is 0. The standard InChI is InChI=1S/C10H12N4S/c1-2-8-5-13-10(15-8)6-12-9-3-4-11-7-14-9/h3-5,7H,2,6H2,1H3,(H,11,12,14). The number of hydrogen-bond acceptors (Lipinski definition) is 5. The summed E-state index contributed by atoms with van der Waals surface area (Å²) in [4.78, 5) is 13.6. The van der Waals surface area contributed by atoms with Crippen LogP contribution in [0.5, 0.6) is 0 Å². The van der Waals surface area contributed by atoms with Gasteiger partial charge in [-0.15, -0.1) is 11.3 Å². The molecule has 2 aromatic heterocycles. The largest absolute Gasteiger partial charge is 0.363 e. The molecule has 1 N–H and O–H groups in total. The molecular formula is C10H12N4S. The van der Waals surface area contributed by atoms with Crippen molar-refractivity contribution in [3.8, 4) is 0 Å². The van der Waals surface area contributed by atoms with Crippen molar-refractivity contribution in [2.24, 2.45) is 0 Å². The number of aryl methyl sites for hydroxylation is 1. The second kappa shape index (κ2) is 4.84. The first-order valence-corrected chi connectivity index (χ1v) is 5.63. The number of nitrogens with one attached hydrogen (secondary N) is 1. The lowest BCUT2D eigenvalue weighted by atomic mass is 10.4. The molecule has 0 amide bonds. The summed E-state index contributed by atoms with van der Waals surface area (Å²) >= 11 is 1.74. The van der Waals surface area contributed by atoms with E-state index in [1.165, 1.54) is 11.2 Å². The molecule has 2 heterocycles. The first kappa shape index (κ1) is 10.0. The molecule has 15 heavy (non-hydrogen) atoms. The Kier molecular flexibility index (Phi) is 3.24. The summed E-state index contributed by atoms with van der Waals surface area (Å²) in [5.41, 5.74) is 0. The molecule has 0 aliphatic rings. The molecule has 0 bridgehead atoms. The van der Waals surface area contributed by atoms with Gasteiger partial charge >= 0.3 is 0 Å². The van der Waals surface area contributed by atoms with Gasteiger partial charge in [0, 0.05) is 17.3 Å². The van der Waals surface area contributed by atoms with Gasteiger partial charge in [-0.05, 0) is 12.5 Å². The average Bonchev–Trinajstić information content (AvgIpc) is 2.76. The van der Waals surface area contributed by atoms with Crippen molar-refractivity contribution in [3.05, 3.63) is 34.7 Å². The van der Waals surface area contributed by atoms with Crippen LogP contribution in [-0.2, 0) is 13.0 Å². The minimum absolute atomic E-state index is 0.724. The van der Waals surface area contributed by atoms with Gasteiger partial charge in [0.1, 0.15) is 17.2 Å². The Labute approximate surface area is 92.4 Å². The summed E-state index contributed by atoms with van der Waals surface area (Å²) < 4.78 is 0. The molecule has 5 heteroatoms. The predicted molar refractivity (Wildman–Crippen MR) is 60.9 cm³/mol. The number of aromatic nitrogens is 3. The zero-order chi connectivity index (χ0) is 10.5. The van der Waals surface area contributed by atoms with Crippen molar-refractivity contribution >= 4 is 17.2 Å². The second-order valence-corrected chi connectivity index (χ2v) is 4.22. The molecule has 0 radical (unpaired) electrons. The van der Waals surface area contributed by atoms with E-state index < -0.39 is 0 Å². The zero-order valence-electron chi connectivity index (χ0n) is 8.47. The highest BCUT2D eigenvalue weighted by Crippen LogP contribution is 2.14. The van der Waals surface area contributed by atoms with Gasteiger partial charge in [-0.3, -0.25) is 0 Å². The smallest absolute Gasteiger partial charge is 0.129 e. The molecule has 2 aromatic rings. The normalized spacial score (nSPS) is 10.2. The lowest BCUT2D eigenvalue weighted by molar-refractivity contribution is 1.06. The highest BCUT2D eigenvalue weighted by atomic mass is 32.1. The average molecular weight is 220 g/mol. The first-order chi connectivity index (χ1) is 7.38. The van der Waals surface area contributed by atoms with Crippen LogP contribution >= 0.6 is 11.3 Å². The van der Waals surface area contributed by atoms with Crippen LogP contribution in [0.4, 0.5) is 5.82 Å². The van der Waals surface area contributed by atoms with Crippen molar-refractivity contribution in [3.63, 3.8) is 0 Å². The molecule has 0 unspecified atom stereocenters. The highest BCUT2D eigenvalue weighted by molar-refractivity contribution is 7.11. The Bertz CT molecular complexity index is 412. The van der Waals surface area contributed by atoms with Gasteiger partial charge in [0.05, 0.1) is 6.54 Å². The Morgan fingerprint density at radius 1 is 1.40 bits per heavy atom. The van der Waals surface area contributed by atoms with E-state index in [0.717, 1.165) is 23.8 Å². The van der Waals surface area contributed by atoms with Gasteiger partial charge < -0.3 is 5.32 Å². The Morgan fingerprint density at radius 3 is 3.00 bits per heavy atom. The van der Waals surface area contributed by atoms with E-state index in [1.54, 1.807) is 17.5 Å². The summed E-state index contributed by atoms with van der Waals surface area (Å²) in [6.07, 6.45) is 6.23. The summed E-state index contributed by atoms with van der Waals surface area (Å²) in [6.45, 7) is 2.86. The molecule has 0 atom stereocenters. The molecular weight excluding hydrogens is 208 g/mol. The van der Waals surface area contributed by atoms with Gasteiger partial charge in [0.25, 0.3) is 0 Å². The quantitative estimate of drug-likeness (QED) is 0.857. The van der Waals surface area contributed by atoms with Crippen LogP contribution in [-0.4, -0.2) is 15.0 Å². The molecule has 0 aliphatic heterocycles. The predicted octanol–water partition coefficient (Wildman–Crippen LogP) is 2.11. The van der Waals surface area contributed by atoms with Crippen molar-refractivity contribution in [1.29, 1.82) is 0 Å². The van der Waals surface area contributed by atoms with E-state index in [4.69, 9.17) is 0 Å². The topological polar surface area (TPSA) is 50.7 Å². The SMILES string of the molecule is CCc1cnc(CNc2ccncn2)s1. The monoisotopic (exact) mass is 220 g/mol. The molecule has 0 saturated heterocycles. The number of rotatable bonds is 4. The Morgan fingerprint density at radius 2 is 2.33 bits per heavy atom. The van der Waals surface area contributed by atoms with E-state index in [2.05, 4.69) is 27.2 Å². The number of anilines is 1. The lowest BCUT2D eigenvalue weighted by Crippen LogP contribution is -2.00. The third-order valence-electron chi connectivity index (χ3n) is 1.95. The number of thiazole rings is 1. The summed E-state index contributed by atoms with van der Waals surface area (Å²) in [5, 5.41) is 4.28. The minimum atomic E-state index is 0.724. The van der Waals surface area contributed by atoms with E-state index in [9.17, 15) is 0 Å². The van der Waals surface area contributed by atoms with E-state index in [-0.39, 0.29) is 0 Å². The van der Waals surface area contributed by atoms with Crippen molar-refractivity contribution < 1.29 is 0 Å². The fourth-order valence-corrected chi connectivity index (χ4v) is 1.96. The van der Waals surface area contributed by atoms with Gasteiger partial charge in [0.2, 0.25) is 0 Å². The van der Waals surface area contributed by atoms with E-state index in [0.29, 0.717) is 0 Å². The molecule has 0 spiro atoms. The minimum Gasteiger partial charge on any atom is -0.363 e. The zero-order valence-corrected chi connectivity index (χ0v) is 9.29. The highest BCUT2D eigenvalue weighted by Gasteiger charge is 2.00. The third-order valence-corrected chi connectivity index (χ3v) is 3.09. The van der Waals surface area contributed by atoms with E-state index in [1.807, 2.05) is 12.3 Å². The van der Waals surface area contributed by atoms with Crippen LogP contribution in [0.15, 0.2) is 24.8 Å². The molecule has 78 valence electrons. The molecule has 0 saturated carbocycles. The van der Waals surface area contributed by atoms with Crippen molar-refractivity contribution in [2.75, 3.05) is 5.32 Å². The van der Waals surface area contributed by atoms with Crippen LogP contribution < -0.4 is 5.32 Å². The Hall–Kier alpha value is -1.49. The third kappa shape index (κ3) is 2.73. The van der Waals surface area contributed by atoms with Crippen LogP contribution in [0.2, 0.25) is 0 Å². The number of nitrogens with zero attached hydrogens (tertiary/aromatic N) is 3. The summed E-state index contributed by atoms with van der Waals surface area (Å²) in [6, 6.07) is 1.84. The summed E-state index contributed by atoms with van der Waals surface area (Å²) in [5.74, 6) is 0.832.